The molecule has 0 radical (unpaired) electrons. The number of hydrogen-bond acceptors (Lipinski definition) is 6. The molecule has 3 N–H and O–H groups in total. The van der Waals surface area contributed by atoms with Crippen LogP contribution in [0.5, 0.6) is 0 Å². The van der Waals surface area contributed by atoms with Crippen LogP contribution in [0, 0.1) is 12.8 Å². The lowest BCUT2D eigenvalue weighted by Gasteiger charge is -2.11. The molecule has 1 aromatic carbocycles. The maximum Gasteiger partial charge on any atom is 0.227 e. The predicted octanol–water partition coefficient (Wildman–Crippen LogP) is 6.06. The fourth-order valence-corrected chi connectivity index (χ4v) is 5.36. The van der Waals surface area contributed by atoms with E-state index in [1.165, 1.54) is 0 Å². The average Bonchev–Trinajstić information content (AvgIpc) is 3.72. The van der Waals surface area contributed by atoms with E-state index < -0.39 is 0 Å². The van der Waals surface area contributed by atoms with E-state index in [-0.39, 0.29) is 11.8 Å². The third-order valence-corrected chi connectivity index (χ3v) is 7.35. The van der Waals surface area contributed by atoms with Crippen molar-refractivity contribution in [3.05, 3.63) is 72.7 Å². The zero-order chi connectivity index (χ0) is 26.3. The van der Waals surface area contributed by atoms with Gasteiger partial charge in [0.15, 0.2) is 11.5 Å². The number of imidazole rings is 1. The van der Waals surface area contributed by atoms with Crippen LogP contribution in [-0.2, 0) is 4.79 Å². The normalized spacial score (nSPS) is 13.9. The summed E-state index contributed by atoms with van der Waals surface area (Å²) < 4.78 is 0. The number of carbonyl (C=O) groups is 1. The minimum atomic E-state index is 0.0661. The van der Waals surface area contributed by atoms with Crippen molar-refractivity contribution in [2.75, 3.05) is 5.32 Å². The zero-order valence-corrected chi connectivity index (χ0v) is 21.4. The van der Waals surface area contributed by atoms with Crippen LogP contribution in [0.1, 0.15) is 31.2 Å². The van der Waals surface area contributed by atoms with E-state index in [4.69, 9.17) is 9.97 Å². The molecule has 7 rings (SSSR count). The first-order chi connectivity index (χ1) is 19.1. The first kappa shape index (κ1) is 23.2. The summed E-state index contributed by atoms with van der Waals surface area (Å²) >= 11 is 0. The second kappa shape index (κ2) is 9.43. The smallest absolute Gasteiger partial charge is 0.227 e. The molecule has 1 aliphatic carbocycles. The van der Waals surface area contributed by atoms with Gasteiger partial charge in [0, 0.05) is 29.4 Å². The summed E-state index contributed by atoms with van der Waals surface area (Å²) in [6.45, 7) is 2.06. The lowest BCUT2D eigenvalue weighted by molar-refractivity contribution is -0.119. The Hall–Kier alpha value is -4.92. The maximum absolute atomic E-state index is 12.6. The Morgan fingerprint density at radius 2 is 1.79 bits per heavy atom. The molecule has 1 saturated carbocycles. The minimum Gasteiger partial charge on any atom is -0.336 e. The molecule has 9 nitrogen and oxygen atoms in total. The molecular weight excluding hydrogens is 488 g/mol. The molecule has 1 aliphatic rings. The molecule has 5 aromatic heterocycles. The third kappa shape index (κ3) is 4.31. The lowest BCUT2D eigenvalue weighted by atomic mass is 10.1. The van der Waals surface area contributed by atoms with E-state index in [1.54, 1.807) is 18.6 Å². The van der Waals surface area contributed by atoms with Gasteiger partial charge < -0.3 is 10.3 Å². The molecule has 0 saturated heterocycles. The number of pyridine rings is 3. The van der Waals surface area contributed by atoms with Crippen LogP contribution in [0.4, 0.5) is 5.69 Å². The number of amides is 1. The average molecular weight is 515 g/mol. The maximum atomic E-state index is 12.6. The molecule has 192 valence electrons. The zero-order valence-electron chi connectivity index (χ0n) is 21.4. The van der Waals surface area contributed by atoms with Gasteiger partial charge in [-0.2, -0.15) is 5.10 Å². The number of nitrogens with one attached hydrogen (secondary N) is 3. The Morgan fingerprint density at radius 1 is 0.923 bits per heavy atom. The summed E-state index contributed by atoms with van der Waals surface area (Å²) in [4.78, 5) is 34.8. The quantitative estimate of drug-likeness (QED) is 0.257. The highest BCUT2D eigenvalue weighted by molar-refractivity contribution is 5.96. The Kier molecular flexibility index (Phi) is 5.61. The van der Waals surface area contributed by atoms with E-state index in [2.05, 4.69) is 49.5 Å². The molecule has 1 fully saturated rings. The van der Waals surface area contributed by atoms with Crippen molar-refractivity contribution >= 4 is 33.7 Å². The second-order valence-electron chi connectivity index (χ2n) is 10.1. The fraction of sp³-hybridized carbons (Fsp3) is 0.200. The molecule has 0 atom stereocenters. The van der Waals surface area contributed by atoms with Crippen LogP contribution in [0.25, 0.3) is 56.1 Å². The van der Waals surface area contributed by atoms with Crippen molar-refractivity contribution in [1.82, 2.24) is 35.1 Å². The SMILES string of the molecule is Cc1cccc(-c2nccc3[nH]c(-c4n[nH]c5ccc(-c6cncc(NC(=O)C7CCCC7)c6)nc45)nc23)c1. The van der Waals surface area contributed by atoms with Crippen LogP contribution in [-0.4, -0.2) is 41.0 Å². The van der Waals surface area contributed by atoms with E-state index in [0.29, 0.717) is 22.7 Å². The van der Waals surface area contributed by atoms with Crippen LogP contribution < -0.4 is 5.32 Å². The van der Waals surface area contributed by atoms with Crippen molar-refractivity contribution in [1.29, 1.82) is 0 Å². The largest absolute Gasteiger partial charge is 0.336 e. The van der Waals surface area contributed by atoms with Crippen molar-refractivity contribution < 1.29 is 4.79 Å². The highest BCUT2D eigenvalue weighted by Crippen LogP contribution is 2.31. The number of carbonyl (C=O) groups excluding carboxylic acids is 1. The summed E-state index contributed by atoms with van der Waals surface area (Å²) in [5, 5.41) is 10.6. The van der Waals surface area contributed by atoms with Crippen LogP contribution >= 0.6 is 0 Å². The number of nitrogens with zero attached hydrogens (tertiary/aromatic N) is 5. The molecule has 0 spiro atoms. The Labute approximate surface area is 224 Å². The number of aromatic nitrogens is 7. The number of benzene rings is 1. The van der Waals surface area contributed by atoms with Crippen molar-refractivity contribution in [3.8, 4) is 34.0 Å². The molecule has 1 amide bonds. The lowest BCUT2D eigenvalue weighted by Crippen LogP contribution is -2.20. The van der Waals surface area contributed by atoms with Crippen LogP contribution in [0.15, 0.2) is 67.1 Å². The molecule has 5 heterocycles. The highest BCUT2D eigenvalue weighted by atomic mass is 16.1. The number of fused-ring (bicyclic) bond motifs is 2. The predicted molar refractivity (Wildman–Crippen MR) is 151 cm³/mol. The van der Waals surface area contributed by atoms with E-state index >= 15 is 0 Å². The van der Waals surface area contributed by atoms with Crippen molar-refractivity contribution in [3.63, 3.8) is 0 Å². The van der Waals surface area contributed by atoms with Gasteiger partial charge in [-0.15, -0.1) is 0 Å². The number of anilines is 1. The van der Waals surface area contributed by atoms with Gasteiger partial charge in [0.25, 0.3) is 0 Å². The van der Waals surface area contributed by atoms with Crippen LogP contribution in [0.2, 0.25) is 0 Å². The van der Waals surface area contributed by atoms with Gasteiger partial charge in [-0.05, 0) is 50.1 Å². The first-order valence-corrected chi connectivity index (χ1v) is 13.2. The first-order valence-electron chi connectivity index (χ1n) is 13.2. The van der Waals surface area contributed by atoms with Crippen molar-refractivity contribution in [2.24, 2.45) is 5.92 Å². The van der Waals surface area contributed by atoms with Gasteiger partial charge in [0.05, 0.1) is 34.3 Å². The number of rotatable bonds is 5. The second-order valence-corrected chi connectivity index (χ2v) is 10.1. The molecule has 6 aromatic rings. The van der Waals surface area contributed by atoms with Gasteiger partial charge in [0.1, 0.15) is 11.0 Å². The summed E-state index contributed by atoms with van der Waals surface area (Å²) in [5.41, 5.74) is 8.96. The topological polar surface area (TPSA) is 125 Å². The Bertz CT molecular complexity index is 1850. The third-order valence-electron chi connectivity index (χ3n) is 7.35. The Balaban J connectivity index is 1.25. The number of H-pyrrole nitrogens is 2. The van der Waals surface area contributed by atoms with Gasteiger partial charge in [-0.25, -0.2) is 9.97 Å². The summed E-state index contributed by atoms with van der Waals surface area (Å²) in [7, 11) is 0. The molecule has 39 heavy (non-hydrogen) atoms. The van der Waals surface area contributed by atoms with E-state index in [0.717, 1.165) is 70.3 Å². The summed E-state index contributed by atoms with van der Waals surface area (Å²) in [6.07, 6.45) is 9.33. The van der Waals surface area contributed by atoms with Gasteiger partial charge in [0.2, 0.25) is 5.91 Å². The summed E-state index contributed by atoms with van der Waals surface area (Å²) in [6, 6.07) is 15.9. The molecule has 0 unspecified atom stereocenters. The standard InChI is InChI=1S/C30H26N8O/c1-17-5-4-8-19(13-17)25-26-23(11-12-32-25)35-29(36-26)28-27-24(37-38-28)10-9-22(34-27)20-14-21(16-31-15-20)33-30(39)18-6-2-3-7-18/h4-5,8-16,18H,2-3,6-7H2,1H3,(H,33,39)(H,35,36)(H,37,38). The van der Waals surface area contributed by atoms with E-state index in [9.17, 15) is 4.79 Å². The molecule has 0 bridgehead atoms. The van der Waals surface area contributed by atoms with Crippen molar-refractivity contribution in [2.45, 2.75) is 32.6 Å². The van der Waals surface area contributed by atoms with Gasteiger partial charge in [-0.1, -0.05) is 36.6 Å². The number of aryl methyl sites for hydroxylation is 1. The highest BCUT2D eigenvalue weighted by Gasteiger charge is 2.23. The van der Waals surface area contributed by atoms with E-state index in [1.807, 2.05) is 36.4 Å². The summed E-state index contributed by atoms with van der Waals surface area (Å²) in [5.74, 6) is 0.761. The fourth-order valence-electron chi connectivity index (χ4n) is 5.36. The minimum absolute atomic E-state index is 0.0661. The van der Waals surface area contributed by atoms with Gasteiger partial charge in [-0.3, -0.25) is 19.9 Å². The monoisotopic (exact) mass is 514 g/mol. The van der Waals surface area contributed by atoms with Crippen LogP contribution in [0.3, 0.4) is 0 Å². The van der Waals surface area contributed by atoms with Gasteiger partial charge >= 0.3 is 0 Å². The Morgan fingerprint density at radius 3 is 2.67 bits per heavy atom. The molecular formula is C30H26N8O. The molecule has 9 heteroatoms. The number of hydrogen-bond donors (Lipinski definition) is 3. The number of aromatic amines is 2. The molecule has 0 aliphatic heterocycles.